The number of amidine groups is 1. The standard InChI is InChI=1S/C42H39ClN4OS/c43-38-26-23-34(24-27-38)30-44-41(46-40(48)28-25-33-14-5-1-6-15-33)49-29-13-22-39-31-47(32-45-39)42(35-16-7-2-8-17-35,36-18-9-3-10-19-36)37-20-11-4-12-21-37/h1-12,14-21,23-24,26-27,31-32H,13,22,25,28-30H2,(H,44,46,48). The Kier molecular flexibility index (Phi) is 11.8. The summed E-state index contributed by atoms with van der Waals surface area (Å²) in [6, 6.07) is 49.6. The second-order valence-corrected chi connectivity index (χ2v) is 13.3. The smallest absolute Gasteiger partial charge is 0.226 e. The second kappa shape index (κ2) is 17.0. The van der Waals surface area contributed by atoms with Crippen molar-refractivity contribution >= 4 is 34.4 Å². The fourth-order valence-electron chi connectivity index (χ4n) is 6.04. The lowest BCUT2D eigenvalue weighted by atomic mass is 9.77. The number of thioether (sulfide) groups is 1. The minimum Gasteiger partial charge on any atom is -0.319 e. The third-order valence-electron chi connectivity index (χ3n) is 8.46. The molecule has 5 aromatic carbocycles. The van der Waals surface area contributed by atoms with Crippen LogP contribution in [0.5, 0.6) is 0 Å². The van der Waals surface area contributed by atoms with Gasteiger partial charge >= 0.3 is 0 Å². The molecule has 0 aliphatic heterocycles. The summed E-state index contributed by atoms with van der Waals surface area (Å²) in [5, 5.41) is 4.40. The Balaban J connectivity index is 1.17. The number of aliphatic imine (C=N–C) groups is 1. The molecule has 7 heteroatoms. The summed E-state index contributed by atoms with van der Waals surface area (Å²) in [6.45, 7) is 0.462. The van der Waals surface area contributed by atoms with Crippen LogP contribution in [-0.2, 0) is 29.7 Å². The van der Waals surface area contributed by atoms with Crippen LogP contribution < -0.4 is 5.32 Å². The van der Waals surface area contributed by atoms with Crippen LogP contribution in [0.15, 0.2) is 163 Å². The van der Waals surface area contributed by atoms with Crippen LogP contribution in [0.3, 0.4) is 0 Å². The van der Waals surface area contributed by atoms with Crippen molar-refractivity contribution in [3.63, 3.8) is 0 Å². The first-order valence-electron chi connectivity index (χ1n) is 16.6. The van der Waals surface area contributed by atoms with E-state index in [2.05, 4.69) is 107 Å². The summed E-state index contributed by atoms with van der Waals surface area (Å²) in [7, 11) is 0. The predicted octanol–water partition coefficient (Wildman–Crippen LogP) is 9.35. The van der Waals surface area contributed by atoms with Crippen LogP contribution >= 0.6 is 23.4 Å². The molecule has 0 aliphatic carbocycles. The van der Waals surface area contributed by atoms with Gasteiger partial charge in [-0.1, -0.05) is 157 Å². The molecule has 1 heterocycles. The number of nitrogens with zero attached hydrogens (tertiary/aromatic N) is 3. The van der Waals surface area contributed by atoms with E-state index in [0.29, 0.717) is 29.6 Å². The Morgan fingerprint density at radius 1 is 0.714 bits per heavy atom. The zero-order valence-corrected chi connectivity index (χ0v) is 28.9. The van der Waals surface area contributed by atoms with Crippen molar-refractivity contribution in [1.82, 2.24) is 14.9 Å². The van der Waals surface area contributed by atoms with E-state index in [1.54, 1.807) is 11.8 Å². The van der Waals surface area contributed by atoms with Gasteiger partial charge in [0.05, 0.1) is 18.6 Å². The largest absolute Gasteiger partial charge is 0.319 e. The fraction of sp³-hybridized carbons (Fsp3) is 0.167. The molecular formula is C42H39ClN4OS. The van der Waals surface area contributed by atoms with Crippen molar-refractivity contribution in [3.05, 3.63) is 197 Å². The van der Waals surface area contributed by atoms with Crippen LogP contribution in [0, 0.1) is 0 Å². The van der Waals surface area contributed by atoms with Gasteiger partial charge in [-0.3, -0.25) is 9.79 Å². The van der Waals surface area contributed by atoms with E-state index in [1.165, 1.54) is 0 Å². The molecule has 5 nitrogen and oxygen atoms in total. The summed E-state index contributed by atoms with van der Waals surface area (Å²) in [4.78, 5) is 22.6. The molecule has 49 heavy (non-hydrogen) atoms. The molecule has 1 aromatic heterocycles. The minimum absolute atomic E-state index is 0.0379. The fourth-order valence-corrected chi connectivity index (χ4v) is 6.99. The van der Waals surface area contributed by atoms with Crippen LogP contribution in [-0.4, -0.2) is 26.4 Å². The van der Waals surface area contributed by atoms with Crippen LogP contribution in [0.1, 0.15) is 46.4 Å². The van der Waals surface area contributed by atoms with Gasteiger partial charge in [-0.2, -0.15) is 0 Å². The van der Waals surface area contributed by atoms with Crippen LogP contribution in [0.2, 0.25) is 5.02 Å². The number of benzene rings is 5. The quantitative estimate of drug-likeness (QED) is 0.0572. The highest BCUT2D eigenvalue weighted by atomic mass is 35.5. The van der Waals surface area contributed by atoms with Crippen LogP contribution in [0.4, 0.5) is 0 Å². The normalized spacial score (nSPS) is 11.7. The summed E-state index contributed by atoms with van der Waals surface area (Å²) in [6.07, 6.45) is 6.88. The van der Waals surface area contributed by atoms with Gasteiger partial charge in [-0.05, 0) is 59.2 Å². The van der Waals surface area contributed by atoms with E-state index in [-0.39, 0.29) is 5.91 Å². The summed E-state index contributed by atoms with van der Waals surface area (Å²) in [5.41, 5.74) is 6.09. The van der Waals surface area contributed by atoms with E-state index >= 15 is 0 Å². The SMILES string of the molecule is O=C(CCc1ccccc1)NC(=NCc1ccc(Cl)cc1)SCCCc1cn(C(c2ccccc2)(c2ccccc2)c2ccccc2)cn1. The molecule has 1 N–H and O–H groups in total. The molecule has 0 aliphatic rings. The molecule has 0 unspecified atom stereocenters. The highest BCUT2D eigenvalue weighted by Crippen LogP contribution is 2.40. The first kappa shape index (κ1) is 34.0. The van der Waals surface area contributed by atoms with E-state index in [9.17, 15) is 4.79 Å². The molecule has 246 valence electrons. The van der Waals surface area contributed by atoms with E-state index in [0.717, 1.165) is 52.1 Å². The molecule has 0 fully saturated rings. The molecule has 0 saturated heterocycles. The van der Waals surface area contributed by atoms with Gasteiger partial charge in [-0.25, -0.2) is 4.98 Å². The first-order valence-corrected chi connectivity index (χ1v) is 17.9. The maximum Gasteiger partial charge on any atom is 0.226 e. The Hall–Kier alpha value is -4.91. The number of carbonyl (C=O) groups excluding carboxylic acids is 1. The van der Waals surface area contributed by atoms with Crippen molar-refractivity contribution in [3.8, 4) is 0 Å². The Morgan fingerprint density at radius 2 is 1.27 bits per heavy atom. The number of aryl methyl sites for hydroxylation is 2. The van der Waals surface area contributed by atoms with E-state index < -0.39 is 5.54 Å². The molecule has 0 atom stereocenters. The minimum atomic E-state index is -0.588. The second-order valence-electron chi connectivity index (χ2n) is 11.8. The van der Waals surface area contributed by atoms with Crippen LogP contribution in [0.25, 0.3) is 0 Å². The maximum absolute atomic E-state index is 12.9. The Bertz CT molecular complexity index is 1830. The van der Waals surface area contributed by atoms with Crippen molar-refractivity contribution in [2.24, 2.45) is 4.99 Å². The van der Waals surface area contributed by atoms with Crippen molar-refractivity contribution < 1.29 is 4.79 Å². The number of nitrogens with one attached hydrogen (secondary N) is 1. The summed E-state index contributed by atoms with van der Waals surface area (Å²) < 4.78 is 2.25. The Morgan fingerprint density at radius 3 is 1.84 bits per heavy atom. The molecule has 1 amide bonds. The number of rotatable bonds is 13. The molecule has 6 aromatic rings. The molecule has 0 radical (unpaired) electrons. The summed E-state index contributed by atoms with van der Waals surface area (Å²) in [5.74, 6) is 0.746. The predicted molar refractivity (Wildman–Crippen MR) is 203 cm³/mol. The molecule has 0 saturated carbocycles. The van der Waals surface area contributed by atoms with Gasteiger partial charge in [0.1, 0.15) is 5.54 Å². The lowest BCUT2D eigenvalue weighted by Gasteiger charge is -2.37. The number of amides is 1. The Labute approximate surface area is 298 Å². The highest BCUT2D eigenvalue weighted by Gasteiger charge is 2.38. The number of imidazole rings is 1. The molecule has 0 bridgehead atoms. The number of carbonyl (C=O) groups is 1. The number of halogens is 1. The number of hydrogen-bond donors (Lipinski definition) is 1. The lowest BCUT2D eigenvalue weighted by molar-refractivity contribution is -0.119. The van der Waals surface area contributed by atoms with Gasteiger partial charge in [0, 0.05) is 23.4 Å². The third-order valence-corrected chi connectivity index (χ3v) is 9.71. The number of hydrogen-bond acceptors (Lipinski definition) is 4. The molecule has 0 spiro atoms. The first-order chi connectivity index (χ1) is 24.1. The monoisotopic (exact) mass is 682 g/mol. The molecular weight excluding hydrogens is 644 g/mol. The van der Waals surface area contributed by atoms with Crippen molar-refractivity contribution in [2.45, 2.75) is 37.8 Å². The lowest BCUT2D eigenvalue weighted by Crippen LogP contribution is -2.36. The van der Waals surface area contributed by atoms with Gasteiger partial charge in [-0.15, -0.1) is 0 Å². The average Bonchev–Trinajstić information content (AvgIpc) is 3.63. The number of aromatic nitrogens is 2. The van der Waals surface area contributed by atoms with E-state index in [1.807, 2.05) is 60.9 Å². The molecule has 6 rings (SSSR count). The van der Waals surface area contributed by atoms with Crippen molar-refractivity contribution in [2.75, 3.05) is 5.75 Å². The van der Waals surface area contributed by atoms with Crippen molar-refractivity contribution in [1.29, 1.82) is 0 Å². The average molecular weight is 683 g/mol. The van der Waals surface area contributed by atoms with Gasteiger partial charge in [0.25, 0.3) is 0 Å². The zero-order chi connectivity index (χ0) is 33.7. The third kappa shape index (κ3) is 8.77. The van der Waals surface area contributed by atoms with Gasteiger partial charge < -0.3 is 9.88 Å². The topological polar surface area (TPSA) is 59.3 Å². The van der Waals surface area contributed by atoms with Gasteiger partial charge in [0.2, 0.25) is 5.91 Å². The zero-order valence-electron chi connectivity index (χ0n) is 27.3. The van der Waals surface area contributed by atoms with E-state index in [4.69, 9.17) is 21.6 Å². The highest BCUT2D eigenvalue weighted by molar-refractivity contribution is 8.13. The summed E-state index contributed by atoms with van der Waals surface area (Å²) >= 11 is 7.65. The maximum atomic E-state index is 12.9. The van der Waals surface area contributed by atoms with Gasteiger partial charge in [0.15, 0.2) is 5.17 Å².